The van der Waals surface area contributed by atoms with Gasteiger partial charge < -0.3 is 10.2 Å². The van der Waals surface area contributed by atoms with E-state index in [0.717, 1.165) is 44.0 Å². The molecule has 5 heteroatoms. The van der Waals surface area contributed by atoms with E-state index in [1.54, 1.807) is 0 Å². The van der Waals surface area contributed by atoms with Gasteiger partial charge in [-0.2, -0.15) is 5.26 Å². The Balaban J connectivity index is 1.56. The van der Waals surface area contributed by atoms with E-state index in [2.05, 4.69) is 21.2 Å². The lowest BCUT2D eigenvalue weighted by molar-refractivity contribution is -0.117. The molecular weight excluding hydrogens is 324 g/mol. The summed E-state index contributed by atoms with van der Waals surface area (Å²) >= 11 is 0. The maximum absolute atomic E-state index is 12.3. The van der Waals surface area contributed by atoms with E-state index in [0.29, 0.717) is 12.1 Å². The van der Waals surface area contributed by atoms with E-state index < -0.39 is 0 Å². The minimum atomic E-state index is 0.0136. The first-order valence-corrected chi connectivity index (χ1v) is 8.98. The number of anilines is 2. The average molecular weight is 348 g/mol. The van der Waals surface area contributed by atoms with E-state index in [1.807, 2.05) is 55.5 Å². The standard InChI is InChI=1S/C21H24N4O/c1-17-7-9-19(10-8-17)23-21(26)16-24-11-4-12-25(14-13-24)20-6-3-2-5-18(20)15-22/h2-3,5-10H,4,11-14,16H2,1H3,(H,23,26). The number of nitriles is 1. The lowest BCUT2D eigenvalue weighted by atomic mass is 10.1. The van der Waals surface area contributed by atoms with Gasteiger partial charge in [0.2, 0.25) is 5.91 Å². The van der Waals surface area contributed by atoms with Gasteiger partial charge in [-0.1, -0.05) is 29.8 Å². The van der Waals surface area contributed by atoms with E-state index >= 15 is 0 Å². The summed E-state index contributed by atoms with van der Waals surface area (Å²) in [6, 6.07) is 17.8. The van der Waals surface area contributed by atoms with Crippen LogP contribution in [0.5, 0.6) is 0 Å². The molecule has 134 valence electrons. The van der Waals surface area contributed by atoms with E-state index in [1.165, 1.54) is 5.56 Å². The van der Waals surface area contributed by atoms with Crippen molar-refractivity contribution in [2.45, 2.75) is 13.3 Å². The normalized spacial score (nSPS) is 15.2. The topological polar surface area (TPSA) is 59.4 Å². The van der Waals surface area contributed by atoms with E-state index in [-0.39, 0.29) is 5.91 Å². The summed E-state index contributed by atoms with van der Waals surface area (Å²) in [5.74, 6) is 0.0136. The van der Waals surface area contributed by atoms with Crippen molar-refractivity contribution < 1.29 is 4.79 Å². The Labute approximate surface area is 154 Å². The Morgan fingerprint density at radius 2 is 1.85 bits per heavy atom. The lowest BCUT2D eigenvalue weighted by Gasteiger charge is -2.24. The van der Waals surface area contributed by atoms with Gasteiger partial charge in [0.25, 0.3) is 0 Å². The van der Waals surface area contributed by atoms with Crippen molar-refractivity contribution in [2.75, 3.05) is 42.9 Å². The summed E-state index contributed by atoms with van der Waals surface area (Å²) in [5, 5.41) is 12.3. The second-order valence-electron chi connectivity index (χ2n) is 6.66. The average Bonchev–Trinajstić information content (AvgIpc) is 2.89. The molecule has 1 heterocycles. The Hall–Kier alpha value is -2.84. The van der Waals surface area contributed by atoms with Gasteiger partial charge in [0.05, 0.1) is 17.8 Å². The zero-order valence-electron chi connectivity index (χ0n) is 15.1. The fourth-order valence-corrected chi connectivity index (χ4v) is 3.25. The first-order valence-electron chi connectivity index (χ1n) is 8.98. The van der Waals surface area contributed by atoms with Crippen molar-refractivity contribution in [3.63, 3.8) is 0 Å². The number of carbonyl (C=O) groups excluding carboxylic acids is 1. The van der Waals surface area contributed by atoms with E-state index in [9.17, 15) is 10.1 Å². The summed E-state index contributed by atoms with van der Waals surface area (Å²) < 4.78 is 0. The Bertz CT molecular complexity index is 794. The monoisotopic (exact) mass is 348 g/mol. The number of hydrogen-bond donors (Lipinski definition) is 1. The minimum absolute atomic E-state index is 0.0136. The lowest BCUT2D eigenvalue weighted by Crippen LogP contribution is -2.36. The molecule has 0 spiro atoms. The highest BCUT2D eigenvalue weighted by atomic mass is 16.2. The van der Waals surface area contributed by atoms with Crippen molar-refractivity contribution in [3.05, 3.63) is 59.7 Å². The smallest absolute Gasteiger partial charge is 0.238 e. The predicted molar refractivity (Wildman–Crippen MR) is 104 cm³/mol. The number of hydrogen-bond acceptors (Lipinski definition) is 4. The number of nitrogens with one attached hydrogen (secondary N) is 1. The van der Waals surface area contributed by atoms with Gasteiger partial charge >= 0.3 is 0 Å². The highest BCUT2D eigenvalue weighted by Gasteiger charge is 2.19. The van der Waals surface area contributed by atoms with Crippen molar-refractivity contribution in [1.29, 1.82) is 5.26 Å². The van der Waals surface area contributed by atoms with Crippen molar-refractivity contribution in [2.24, 2.45) is 0 Å². The molecular formula is C21H24N4O. The predicted octanol–water partition coefficient (Wildman–Crippen LogP) is 3.02. The summed E-state index contributed by atoms with van der Waals surface area (Å²) in [4.78, 5) is 16.7. The maximum Gasteiger partial charge on any atom is 0.238 e. The number of carbonyl (C=O) groups is 1. The molecule has 2 aromatic carbocycles. The summed E-state index contributed by atoms with van der Waals surface area (Å²) in [6.45, 7) is 5.82. The van der Waals surface area contributed by atoms with Gasteiger partial charge in [-0.05, 0) is 37.6 Å². The molecule has 3 rings (SSSR count). The highest BCUT2D eigenvalue weighted by molar-refractivity contribution is 5.92. The molecule has 5 nitrogen and oxygen atoms in total. The van der Waals surface area contributed by atoms with Gasteiger partial charge in [-0.25, -0.2) is 0 Å². The van der Waals surface area contributed by atoms with Gasteiger partial charge in [0, 0.05) is 31.9 Å². The number of benzene rings is 2. The van der Waals surface area contributed by atoms with Crippen molar-refractivity contribution in [1.82, 2.24) is 4.90 Å². The number of amides is 1. The van der Waals surface area contributed by atoms with Crippen LogP contribution in [0.2, 0.25) is 0 Å². The Kier molecular flexibility index (Phi) is 5.88. The van der Waals surface area contributed by atoms with Crippen LogP contribution < -0.4 is 10.2 Å². The van der Waals surface area contributed by atoms with Crippen molar-refractivity contribution in [3.8, 4) is 6.07 Å². The highest BCUT2D eigenvalue weighted by Crippen LogP contribution is 2.21. The fraction of sp³-hybridized carbons (Fsp3) is 0.333. The van der Waals surface area contributed by atoms with Gasteiger partial charge in [0.15, 0.2) is 0 Å². The van der Waals surface area contributed by atoms with Crippen LogP contribution in [0.25, 0.3) is 0 Å². The number of rotatable bonds is 4. The van der Waals surface area contributed by atoms with Crippen LogP contribution in [0.15, 0.2) is 48.5 Å². The summed E-state index contributed by atoms with van der Waals surface area (Å²) in [6.07, 6.45) is 0.970. The van der Waals surface area contributed by atoms with Crippen LogP contribution in [-0.4, -0.2) is 43.5 Å². The minimum Gasteiger partial charge on any atom is -0.369 e. The molecule has 0 atom stereocenters. The van der Waals surface area contributed by atoms with Gasteiger partial charge in [0.1, 0.15) is 6.07 Å². The molecule has 1 fully saturated rings. The SMILES string of the molecule is Cc1ccc(NC(=O)CN2CCCN(c3ccccc3C#N)CC2)cc1. The second kappa shape index (κ2) is 8.50. The molecule has 1 amide bonds. The van der Waals surface area contributed by atoms with Crippen molar-refractivity contribution >= 4 is 17.3 Å². The molecule has 0 bridgehead atoms. The van der Waals surface area contributed by atoms with Crippen LogP contribution in [0.4, 0.5) is 11.4 Å². The largest absolute Gasteiger partial charge is 0.369 e. The molecule has 0 aromatic heterocycles. The molecule has 2 aromatic rings. The van der Waals surface area contributed by atoms with Crippen LogP contribution in [0.3, 0.4) is 0 Å². The van der Waals surface area contributed by atoms with Gasteiger partial charge in [-0.15, -0.1) is 0 Å². The molecule has 26 heavy (non-hydrogen) atoms. The number of nitrogens with zero attached hydrogens (tertiary/aromatic N) is 3. The van der Waals surface area contributed by atoms with Crippen LogP contribution in [-0.2, 0) is 4.79 Å². The molecule has 1 N–H and O–H groups in total. The zero-order chi connectivity index (χ0) is 18.4. The molecule has 1 saturated heterocycles. The third-order valence-electron chi connectivity index (χ3n) is 4.66. The third-order valence-corrected chi connectivity index (χ3v) is 4.66. The molecule has 0 saturated carbocycles. The first kappa shape index (κ1) is 18.0. The Morgan fingerprint density at radius 1 is 1.08 bits per heavy atom. The molecule has 1 aliphatic heterocycles. The maximum atomic E-state index is 12.3. The fourth-order valence-electron chi connectivity index (χ4n) is 3.25. The van der Waals surface area contributed by atoms with Gasteiger partial charge in [-0.3, -0.25) is 9.69 Å². The van der Waals surface area contributed by atoms with Crippen LogP contribution in [0.1, 0.15) is 17.5 Å². The Morgan fingerprint density at radius 3 is 2.62 bits per heavy atom. The quantitative estimate of drug-likeness (QED) is 0.923. The summed E-state index contributed by atoms with van der Waals surface area (Å²) in [7, 11) is 0. The van der Waals surface area contributed by atoms with Crippen LogP contribution in [0, 0.1) is 18.3 Å². The van der Waals surface area contributed by atoms with E-state index in [4.69, 9.17) is 0 Å². The summed E-state index contributed by atoms with van der Waals surface area (Å²) in [5.41, 5.74) is 3.70. The molecule has 0 unspecified atom stereocenters. The molecule has 0 radical (unpaired) electrons. The second-order valence-corrected chi connectivity index (χ2v) is 6.66. The zero-order valence-corrected chi connectivity index (χ0v) is 15.1. The van der Waals surface area contributed by atoms with Crippen LogP contribution >= 0.6 is 0 Å². The molecule has 0 aliphatic carbocycles. The molecule has 1 aliphatic rings. The number of para-hydroxylation sites is 1. The third kappa shape index (κ3) is 4.62. The number of aryl methyl sites for hydroxylation is 1. The first-order chi connectivity index (χ1) is 12.7.